The molecule has 30 heavy (non-hydrogen) atoms. The van der Waals surface area contributed by atoms with Crippen LogP contribution in [0, 0.1) is 13.8 Å². The molecule has 4 rings (SSSR count). The Bertz CT molecular complexity index is 1030. The fraction of sp³-hybridized carbons (Fsp3) is 0.435. The second-order valence-electron chi connectivity index (χ2n) is 8.30. The highest BCUT2D eigenvalue weighted by molar-refractivity contribution is 6.03. The SMILES string of the molecule is Cc1nn(C)c(C)c1-c1cc(C(=O)Nc2ccc(CN3CCCCC3C)cc2)[nH]n1. The van der Waals surface area contributed by atoms with E-state index >= 15 is 0 Å². The summed E-state index contributed by atoms with van der Waals surface area (Å²) in [5, 5.41) is 14.6. The van der Waals surface area contributed by atoms with Crippen LogP contribution >= 0.6 is 0 Å². The lowest BCUT2D eigenvalue weighted by Gasteiger charge is -2.33. The van der Waals surface area contributed by atoms with Crippen LogP contribution in [0.2, 0.25) is 0 Å². The smallest absolute Gasteiger partial charge is 0.273 e. The van der Waals surface area contributed by atoms with Gasteiger partial charge >= 0.3 is 0 Å². The van der Waals surface area contributed by atoms with E-state index in [4.69, 9.17) is 0 Å². The molecule has 7 nitrogen and oxygen atoms in total. The Labute approximate surface area is 177 Å². The predicted molar refractivity (Wildman–Crippen MR) is 118 cm³/mol. The van der Waals surface area contributed by atoms with Crippen molar-refractivity contribution in [1.82, 2.24) is 24.9 Å². The molecule has 0 radical (unpaired) electrons. The molecule has 0 bridgehead atoms. The first-order chi connectivity index (χ1) is 14.4. The fourth-order valence-electron chi connectivity index (χ4n) is 4.23. The topological polar surface area (TPSA) is 78.8 Å². The summed E-state index contributed by atoms with van der Waals surface area (Å²) in [6.45, 7) is 8.38. The van der Waals surface area contributed by atoms with Gasteiger partial charge in [-0.2, -0.15) is 10.2 Å². The van der Waals surface area contributed by atoms with Gasteiger partial charge in [-0.3, -0.25) is 19.5 Å². The summed E-state index contributed by atoms with van der Waals surface area (Å²) in [7, 11) is 1.90. The van der Waals surface area contributed by atoms with Crippen LogP contribution in [0.4, 0.5) is 5.69 Å². The number of nitrogens with zero attached hydrogens (tertiary/aromatic N) is 4. The van der Waals surface area contributed by atoms with E-state index in [-0.39, 0.29) is 5.91 Å². The van der Waals surface area contributed by atoms with Gasteiger partial charge in [-0.15, -0.1) is 0 Å². The molecule has 1 saturated heterocycles. The van der Waals surface area contributed by atoms with E-state index < -0.39 is 0 Å². The first-order valence-electron chi connectivity index (χ1n) is 10.6. The number of piperidine rings is 1. The van der Waals surface area contributed by atoms with Crippen molar-refractivity contribution in [3.05, 3.63) is 53.0 Å². The molecule has 1 fully saturated rings. The molecular formula is C23H30N6O. The Hall–Kier alpha value is -2.93. The molecule has 1 amide bonds. The molecule has 2 aromatic heterocycles. The highest BCUT2D eigenvalue weighted by atomic mass is 16.1. The van der Waals surface area contributed by atoms with Gasteiger partial charge < -0.3 is 5.32 Å². The minimum atomic E-state index is -0.203. The number of nitrogens with one attached hydrogen (secondary N) is 2. The molecule has 1 unspecified atom stereocenters. The van der Waals surface area contributed by atoms with E-state index in [1.165, 1.54) is 24.8 Å². The van der Waals surface area contributed by atoms with Crippen molar-refractivity contribution >= 4 is 11.6 Å². The molecule has 2 N–H and O–H groups in total. The summed E-state index contributed by atoms with van der Waals surface area (Å²) in [6.07, 6.45) is 3.89. The van der Waals surface area contributed by atoms with Crippen LogP contribution in [-0.2, 0) is 13.6 Å². The number of carbonyl (C=O) groups is 1. The molecule has 1 aliphatic rings. The number of hydrogen-bond acceptors (Lipinski definition) is 4. The van der Waals surface area contributed by atoms with Crippen LogP contribution in [0.5, 0.6) is 0 Å². The van der Waals surface area contributed by atoms with Crippen LogP contribution in [-0.4, -0.2) is 43.4 Å². The average molecular weight is 407 g/mol. The zero-order valence-electron chi connectivity index (χ0n) is 18.2. The fourth-order valence-corrected chi connectivity index (χ4v) is 4.23. The van der Waals surface area contributed by atoms with E-state index in [0.29, 0.717) is 11.7 Å². The zero-order valence-corrected chi connectivity index (χ0v) is 18.2. The van der Waals surface area contributed by atoms with Gasteiger partial charge in [0.15, 0.2) is 0 Å². The van der Waals surface area contributed by atoms with Gasteiger partial charge in [0, 0.05) is 36.6 Å². The monoisotopic (exact) mass is 406 g/mol. The van der Waals surface area contributed by atoms with Crippen molar-refractivity contribution in [3.8, 4) is 11.3 Å². The normalized spacial score (nSPS) is 17.3. The van der Waals surface area contributed by atoms with Gasteiger partial charge in [-0.05, 0) is 63.9 Å². The summed E-state index contributed by atoms with van der Waals surface area (Å²) in [4.78, 5) is 15.2. The van der Waals surface area contributed by atoms with Crippen molar-refractivity contribution < 1.29 is 4.79 Å². The number of amides is 1. The summed E-state index contributed by atoms with van der Waals surface area (Å²) >= 11 is 0. The third-order valence-electron chi connectivity index (χ3n) is 6.13. The molecule has 1 aromatic carbocycles. The summed E-state index contributed by atoms with van der Waals surface area (Å²) in [5.41, 5.74) is 6.09. The van der Waals surface area contributed by atoms with Crippen molar-refractivity contribution in [2.75, 3.05) is 11.9 Å². The quantitative estimate of drug-likeness (QED) is 0.670. The summed E-state index contributed by atoms with van der Waals surface area (Å²) in [6, 6.07) is 10.5. The molecule has 158 valence electrons. The molecule has 1 atom stereocenters. The van der Waals surface area contributed by atoms with Gasteiger partial charge in [0.1, 0.15) is 5.69 Å². The van der Waals surface area contributed by atoms with E-state index in [1.54, 1.807) is 6.07 Å². The van der Waals surface area contributed by atoms with E-state index in [9.17, 15) is 4.79 Å². The van der Waals surface area contributed by atoms with E-state index in [1.807, 2.05) is 37.7 Å². The number of carbonyl (C=O) groups excluding carboxylic acids is 1. The van der Waals surface area contributed by atoms with Crippen molar-refractivity contribution in [2.45, 2.75) is 52.6 Å². The minimum absolute atomic E-state index is 0.203. The maximum absolute atomic E-state index is 12.7. The minimum Gasteiger partial charge on any atom is -0.321 e. The molecule has 3 aromatic rings. The maximum atomic E-state index is 12.7. The van der Waals surface area contributed by atoms with Gasteiger partial charge in [-0.1, -0.05) is 18.6 Å². The van der Waals surface area contributed by atoms with E-state index in [2.05, 4.69) is 44.6 Å². The summed E-state index contributed by atoms with van der Waals surface area (Å²) in [5.74, 6) is -0.203. The predicted octanol–water partition coefficient (Wildman–Crippen LogP) is 4.05. The standard InChI is InChI=1S/C23H30N6O/c1-15-7-5-6-12-29(15)14-18-8-10-19(11-9-18)24-23(30)21-13-20(25-26-21)22-16(2)27-28(4)17(22)3/h8-11,13,15H,5-7,12,14H2,1-4H3,(H,24,30)(H,25,26). The van der Waals surface area contributed by atoms with E-state index in [0.717, 1.165) is 41.4 Å². The number of likely N-dealkylation sites (tertiary alicyclic amines) is 1. The number of H-pyrrole nitrogens is 1. The van der Waals surface area contributed by atoms with Crippen LogP contribution < -0.4 is 5.32 Å². The third kappa shape index (κ3) is 4.16. The number of hydrogen-bond donors (Lipinski definition) is 2. The maximum Gasteiger partial charge on any atom is 0.273 e. The molecule has 0 saturated carbocycles. The second-order valence-corrected chi connectivity index (χ2v) is 8.30. The molecule has 0 aliphatic carbocycles. The lowest BCUT2D eigenvalue weighted by molar-refractivity contribution is 0.102. The number of benzene rings is 1. The molecule has 0 spiro atoms. The molecule has 7 heteroatoms. The molecule has 1 aliphatic heterocycles. The lowest BCUT2D eigenvalue weighted by atomic mass is 10.0. The van der Waals surface area contributed by atoms with Crippen molar-refractivity contribution in [3.63, 3.8) is 0 Å². The number of rotatable bonds is 5. The molecular weight excluding hydrogens is 376 g/mol. The van der Waals surface area contributed by atoms with Gasteiger partial charge in [-0.25, -0.2) is 0 Å². The number of anilines is 1. The highest BCUT2D eigenvalue weighted by Gasteiger charge is 2.19. The lowest BCUT2D eigenvalue weighted by Crippen LogP contribution is -2.36. The number of aryl methyl sites for hydroxylation is 2. The first-order valence-corrected chi connectivity index (χ1v) is 10.6. The Morgan fingerprint density at radius 1 is 1.23 bits per heavy atom. The summed E-state index contributed by atoms with van der Waals surface area (Å²) < 4.78 is 1.82. The van der Waals surface area contributed by atoms with Crippen LogP contribution in [0.3, 0.4) is 0 Å². The largest absolute Gasteiger partial charge is 0.321 e. The van der Waals surface area contributed by atoms with Gasteiger partial charge in [0.2, 0.25) is 0 Å². The molecule has 3 heterocycles. The number of aromatic amines is 1. The third-order valence-corrected chi connectivity index (χ3v) is 6.13. The Balaban J connectivity index is 1.41. The Morgan fingerprint density at radius 3 is 2.67 bits per heavy atom. The van der Waals surface area contributed by atoms with Crippen LogP contribution in [0.25, 0.3) is 11.3 Å². The Morgan fingerprint density at radius 2 is 2.00 bits per heavy atom. The van der Waals surface area contributed by atoms with Gasteiger partial charge in [0.05, 0.1) is 11.4 Å². The highest BCUT2D eigenvalue weighted by Crippen LogP contribution is 2.25. The zero-order chi connectivity index (χ0) is 21.3. The van der Waals surface area contributed by atoms with Gasteiger partial charge in [0.25, 0.3) is 5.91 Å². The van der Waals surface area contributed by atoms with Crippen LogP contribution in [0.15, 0.2) is 30.3 Å². The second kappa shape index (κ2) is 8.44. The van der Waals surface area contributed by atoms with Crippen molar-refractivity contribution in [1.29, 1.82) is 0 Å². The van der Waals surface area contributed by atoms with Crippen LogP contribution in [0.1, 0.15) is 53.6 Å². The average Bonchev–Trinajstić information content (AvgIpc) is 3.30. The van der Waals surface area contributed by atoms with Crippen molar-refractivity contribution in [2.24, 2.45) is 7.05 Å². The first kappa shape index (κ1) is 20.3. The Kier molecular flexibility index (Phi) is 5.72. The number of aromatic nitrogens is 4.